The average molecular weight is 480 g/mol. The fourth-order valence-corrected chi connectivity index (χ4v) is 4.89. The van der Waals surface area contributed by atoms with Crippen LogP contribution in [0.2, 0.25) is 0 Å². The van der Waals surface area contributed by atoms with Crippen molar-refractivity contribution in [1.29, 1.82) is 5.26 Å². The molecule has 2 heterocycles. The van der Waals surface area contributed by atoms with Gasteiger partial charge in [-0.2, -0.15) is 5.26 Å². The number of carboxylic acid groups (broad SMARTS) is 1. The predicted octanol–water partition coefficient (Wildman–Crippen LogP) is 5.67. The van der Waals surface area contributed by atoms with E-state index in [-0.39, 0.29) is 17.0 Å². The summed E-state index contributed by atoms with van der Waals surface area (Å²) in [6, 6.07) is 18.0. The lowest BCUT2D eigenvalue weighted by Gasteiger charge is -2.22. The predicted molar refractivity (Wildman–Crippen MR) is 138 cm³/mol. The molecule has 1 unspecified atom stereocenters. The van der Waals surface area contributed by atoms with E-state index in [1.807, 2.05) is 43.0 Å². The minimum Gasteiger partial charge on any atom is -0.478 e. The Morgan fingerprint density at radius 3 is 2.61 bits per heavy atom. The van der Waals surface area contributed by atoms with Crippen LogP contribution in [0.1, 0.15) is 56.7 Å². The number of hydrogen-bond acceptors (Lipinski definition) is 6. The Labute approximate surface area is 208 Å². The van der Waals surface area contributed by atoms with Crippen LogP contribution < -0.4 is 15.6 Å². The summed E-state index contributed by atoms with van der Waals surface area (Å²) in [6.07, 6.45) is 0. The van der Waals surface area contributed by atoms with Crippen LogP contribution in [0.15, 0.2) is 63.8 Å². The van der Waals surface area contributed by atoms with Gasteiger partial charge in [0, 0.05) is 24.3 Å². The number of aryl methyl sites for hydroxylation is 1. The largest absolute Gasteiger partial charge is 0.478 e. The Bertz CT molecular complexity index is 1630. The molecular weight excluding hydrogens is 454 g/mol. The van der Waals surface area contributed by atoms with E-state index < -0.39 is 5.97 Å². The lowest BCUT2D eigenvalue weighted by molar-refractivity contribution is 0.0698. The quantitative estimate of drug-likeness (QED) is 0.380. The zero-order chi connectivity index (χ0) is 25.6. The summed E-state index contributed by atoms with van der Waals surface area (Å²) in [5.74, 6) is -0.512. The first-order chi connectivity index (χ1) is 17.3. The third-order valence-electron chi connectivity index (χ3n) is 6.71. The molecule has 0 aliphatic carbocycles. The molecule has 0 spiro atoms. The van der Waals surface area contributed by atoms with E-state index >= 15 is 0 Å². The maximum absolute atomic E-state index is 13.5. The Morgan fingerprint density at radius 2 is 1.86 bits per heavy atom. The highest BCUT2D eigenvalue weighted by Gasteiger charge is 2.26. The normalized spacial score (nSPS) is 13.3. The molecule has 7 nitrogen and oxygen atoms in total. The molecule has 0 bridgehead atoms. The number of nitrogens with one attached hydrogen (secondary N) is 1. The van der Waals surface area contributed by atoms with E-state index in [1.54, 1.807) is 37.3 Å². The standard InChI is InChI=1S/C29H25N3O4/c1-16-10-23(18(3)31-25-7-5-4-6-22(25)29(34)35)27-24(11-16)26(33)17(2)28(36-27)32-14-20-9-8-19(13-30)12-21(20)15-32/h4-12,18,31H,14-15H2,1-3H3,(H,34,35). The molecule has 36 heavy (non-hydrogen) atoms. The number of anilines is 2. The van der Waals surface area contributed by atoms with Gasteiger partial charge in [-0.15, -0.1) is 0 Å². The molecule has 4 aromatic rings. The second-order valence-electron chi connectivity index (χ2n) is 9.26. The molecule has 0 saturated heterocycles. The van der Waals surface area contributed by atoms with Crippen LogP contribution in [-0.2, 0) is 13.1 Å². The molecule has 0 saturated carbocycles. The first-order valence-corrected chi connectivity index (χ1v) is 11.7. The summed E-state index contributed by atoms with van der Waals surface area (Å²) in [5.41, 5.74) is 6.01. The first-order valence-electron chi connectivity index (χ1n) is 11.7. The van der Waals surface area contributed by atoms with Gasteiger partial charge in [-0.05, 0) is 67.8 Å². The molecule has 5 rings (SSSR count). The van der Waals surface area contributed by atoms with Crippen molar-refractivity contribution < 1.29 is 14.3 Å². The van der Waals surface area contributed by atoms with Crippen molar-refractivity contribution in [2.75, 3.05) is 10.2 Å². The summed E-state index contributed by atoms with van der Waals surface area (Å²) < 4.78 is 6.47. The van der Waals surface area contributed by atoms with Crippen molar-refractivity contribution >= 4 is 28.5 Å². The van der Waals surface area contributed by atoms with Crippen molar-refractivity contribution in [2.24, 2.45) is 0 Å². The van der Waals surface area contributed by atoms with E-state index in [4.69, 9.17) is 4.42 Å². The van der Waals surface area contributed by atoms with Gasteiger partial charge in [0.15, 0.2) is 5.43 Å². The van der Waals surface area contributed by atoms with Crippen LogP contribution in [0.5, 0.6) is 0 Å². The topological polar surface area (TPSA) is 107 Å². The highest BCUT2D eigenvalue weighted by Crippen LogP contribution is 2.35. The zero-order valence-corrected chi connectivity index (χ0v) is 20.3. The summed E-state index contributed by atoms with van der Waals surface area (Å²) in [4.78, 5) is 27.2. The molecule has 7 heteroatoms. The molecule has 1 atom stereocenters. The highest BCUT2D eigenvalue weighted by atomic mass is 16.4. The van der Waals surface area contributed by atoms with Crippen LogP contribution in [0.4, 0.5) is 11.6 Å². The van der Waals surface area contributed by atoms with Crippen LogP contribution >= 0.6 is 0 Å². The number of nitriles is 1. The molecule has 180 valence electrons. The summed E-state index contributed by atoms with van der Waals surface area (Å²) in [7, 11) is 0. The van der Waals surface area contributed by atoms with Gasteiger partial charge < -0.3 is 19.7 Å². The van der Waals surface area contributed by atoms with Gasteiger partial charge in [0.25, 0.3) is 0 Å². The van der Waals surface area contributed by atoms with E-state index in [0.717, 1.165) is 22.3 Å². The van der Waals surface area contributed by atoms with E-state index in [0.29, 0.717) is 46.8 Å². The SMILES string of the molecule is Cc1cc(C(C)Nc2ccccc2C(=O)O)c2oc(N3Cc4ccc(C#N)cc4C3)c(C)c(=O)c2c1. The monoisotopic (exact) mass is 479 g/mol. The lowest BCUT2D eigenvalue weighted by atomic mass is 10.00. The number of rotatable bonds is 5. The molecule has 1 aromatic heterocycles. The van der Waals surface area contributed by atoms with Crippen LogP contribution in [0.25, 0.3) is 11.0 Å². The van der Waals surface area contributed by atoms with Gasteiger partial charge in [-0.25, -0.2) is 4.79 Å². The van der Waals surface area contributed by atoms with Gasteiger partial charge in [0.05, 0.1) is 34.2 Å². The number of benzene rings is 3. The second-order valence-corrected chi connectivity index (χ2v) is 9.26. The van der Waals surface area contributed by atoms with Crippen molar-refractivity contribution in [3.8, 4) is 6.07 Å². The maximum atomic E-state index is 13.5. The number of hydrogen-bond donors (Lipinski definition) is 2. The first kappa shape index (κ1) is 23.2. The molecule has 3 aromatic carbocycles. The van der Waals surface area contributed by atoms with Gasteiger partial charge in [-0.1, -0.05) is 24.3 Å². The smallest absolute Gasteiger partial charge is 0.337 e. The average Bonchev–Trinajstić information content (AvgIpc) is 3.29. The Balaban J connectivity index is 1.59. The number of fused-ring (bicyclic) bond motifs is 2. The molecule has 0 fully saturated rings. The Hall–Kier alpha value is -4.57. The summed E-state index contributed by atoms with van der Waals surface area (Å²) >= 11 is 0. The summed E-state index contributed by atoms with van der Waals surface area (Å²) in [5, 5.41) is 22.6. The van der Waals surface area contributed by atoms with Crippen LogP contribution in [0, 0.1) is 25.2 Å². The van der Waals surface area contributed by atoms with E-state index in [1.165, 1.54) is 0 Å². The van der Waals surface area contributed by atoms with Gasteiger partial charge >= 0.3 is 5.97 Å². The third kappa shape index (κ3) is 3.97. The Kier molecular flexibility index (Phi) is 5.73. The number of carboxylic acids is 1. The minimum atomic E-state index is -1.02. The van der Waals surface area contributed by atoms with Gasteiger partial charge in [-0.3, -0.25) is 4.79 Å². The molecule has 1 aliphatic heterocycles. The maximum Gasteiger partial charge on any atom is 0.337 e. The number of nitrogens with zero attached hydrogens (tertiary/aromatic N) is 2. The number of carbonyl (C=O) groups is 1. The van der Waals surface area contributed by atoms with E-state index in [9.17, 15) is 20.0 Å². The Morgan fingerprint density at radius 1 is 1.11 bits per heavy atom. The minimum absolute atomic E-state index is 0.0944. The van der Waals surface area contributed by atoms with Crippen LogP contribution in [-0.4, -0.2) is 11.1 Å². The fraction of sp³-hybridized carbons (Fsp3) is 0.207. The van der Waals surface area contributed by atoms with Crippen molar-refractivity contribution in [3.63, 3.8) is 0 Å². The fourth-order valence-electron chi connectivity index (χ4n) is 4.89. The van der Waals surface area contributed by atoms with Crippen LogP contribution in [0.3, 0.4) is 0 Å². The molecule has 2 N–H and O–H groups in total. The van der Waals surface area contributed by atoms with Gasteiger partial charge in [0.2, 0.25) is 5.88 Å². The van der Waals surface area contributed by atoms with Crippen molar-refractivity contribution in [3.05, 3.63) is 104 Å². The number of aromatic carboxylic acids is 1. The summed E-state index contributed by atoms with van der Waals surface area (Å²) in [6.45, 7) is 6.74. The molecule has 1 aliphatic rings. The second kappa shape index (κ2) is 8.90. The number of para-hydroxylation sites is 1. The molecule has 0 amide bonds. The zero-order valence-electron chi connectivity index (χ0n) is 20.3. The highest BCUT2D eigenvalue weighted by molar-refractivity contribution is 5.94. The third-order valence-corrected chi connectivity index (χ3v) is 6.71. The van der Waals surface area contributed by atoms with Crippen molar-refractivity contribution in [1.82, 2.24) is 0 Å². The molecular formula is C29H25N3O4. The lowest BCUT2D eigenvalue weighted by Crippen LogP contribution is -2.20. The van der Waals surface area contributed by atoms with E-state index in [2.05, 4.69) is 11.4 Å². The van der Waals surface area contributed by atoms with Gasteiger partial charge in [0.1, 0.15) is 5.58 Å². The van der Waals surface area contributed by atoms with Crippen molar-refractivity contribution in [2.45, 2.75) is 39.9 Å². The molecule has 0 radical (unpaired) electrons.